The zero-order valence-corrected chi connectivity index (χ0v) is 6.29. The first-order valence-electron chi connectivity index (χ1n) is 3.68. The van der Waals surface area contributed by atoms with Crippen LogP contribution in [0.25, 0.3) is 0 Å². The second-order valence-corrected chi connectivity index (χ2v) is 2.83. The maximum absolute atomic E-state index is 9.29. The van der Waals surface area contributed by atoms with Gasteiger partial charge in [-0.1, -0.05) is 13.0 Å². The summed E-state index contributed by atoms with van der Waals surface area (Å²) < 4.78 is 5.30. The highest BCUT2D eigenvalue weighted by molar-refractivity contribution is 4.90. The molecule has 1 saturated heterocycles. The van der Waals surface area contributed by atoms with Crippen molar-refractivity contribution in [3.8, 4) is 0 Å². The van der Waals surface area contributed by atoms with E-state index in [1.165, 1.54) is 6.08 Å². The fraction of sp³-hybridized carbons (Fsp3) is 0.750. The Labute approximate surface area is 61.5 Å². The molecule has 0 amide bonds. The largest absolute Gasteiger partial charge is 0.386 e. The first-order valence-corrected chi connectivity index (χ1v) is 3.68. The molecule has 1 fully saturated rings. The van der Waals surface area contributed by atoms with Crippen molar-refractivity contribution >= 4 is 0 Å². The smallest absolute Gasteiger partial charge is 0.0982 e. The molecule has 0 saturated carbocycles. The molecule has 0 aromatic rings. The van der Waals surface area contributed by atoms with E-state index in [1.807, 2.05) is 0 Å². The topological polar surface area (TPSA) is 29.5 Å². The zero-order valence-electron chi connectivity index (χ0n) is 6.29. The van der Waals surface area contributed by atoms with E-state index in [-0.39, 0.29) is 6.10 Å². The first kappa shape index (κ1) is 7.76. The summed E-state index contributed by atoms with van der Waals surface area (Å²) in [6.07, 6.45) is 2.08. The molecule has 0 spiro atoms. The van der Waals surface area contributed by atoms with Gasteiger partial charge in [0.1, 0.15) is 0 Å². The average molecular weight is 142 g/mol. The molecule has 3 unspecified atom stereocenters. The zero-order chi connectivity index (χ0) is 7.56. The van der Waals surface area contributed by atoms with Crippen LogP contribution in [-0.4, -0.2) is 23.9 Å². The third kappa shape index (κ3) is 1.39. The number of hydrogen-bond acceptors (Lipinski definition) is 2. The third-order valence-corrected chi connectivity index (χ3v) is 2.02. The van der Waals surface area contributed by atoms with Crippen LogP contribution in [0.1, 0.15) is 13.3 Å². The van der Waals surface area contributed by atoms with Crippen molar-refractivity contribution in [2.75, 3.05) is 6.61 Å². The summed E-state index contributed by atoms with van der Waals surface area (Å²) in [6.45, 7) is 6.37. The molecular weight excluding hydrogens is 128 g/mol. The minimum atomic E-state index is -0.488. The summed E-state index contributed by atoms with van der Waals surface area (Å²) in [6, 6.07) is 0. The van der Waals surface area contributed by atoms with E-state index in [0.717, 1.165) is 13.0 Å². The summed E-state index contributed by atoms with van der Waals surface area (Å²) in [4.78, 5) is 0. The molecule has 3 atom stereocenters. The van der Waals surface area contributed by atoms with Gasteiger partial charge in [-0.15, -0.1) is 6.58 Å². The molecule has 1 heterocycles. The Bertz CT molecular complexity index is 122. The van der Waals surface area contributed by atoms with Crippen LogP contribution in [0, 0.1) is 5.92 Å². The highest BCUT2D eigenvalue weighted by Crippen LogP contribution is 2.22. The Hall–Kier alpha value is -0.340. The molecule has 1 aliphatic heterocycles. The fourth-order valence-corrected chi connectivity index (χ4v) is 1.29. The number of ether oxygens (including phenoxy) is 1. The van der Waals surface area contributed by atoms with Crippen LogP contribution in [0.3, 0.4) is 0 Å². The maximum atomic E-state index is 9.29. The van der Waals surface area contributed by atoms with Gasteiger partial charge in [-0.2, -0.15) is 0 Å². The Morgan fingerprint density at radius 3 is 2.90 bits per heavy atom. The normalized spacial score (nSPS) is 35.8. The lowest BCUT2D eigenvalue weighted by atomic mass is 10.00. The summed E-state index contributed by atoms with van der Waals surface area (Å²) in [5, 5.41) is 9.29. The van der Waals surface area contributed by atoms with Crippen molar-refractivity contribution < 1.29 is 9.84 Å². The molecule has 2 nitrogen and oxygen atoms in total. The Morgan fingerprint density at radius 1 is 1.80 bits per heavy atom. The SMILES string of the molecule is C=CC(O)C1OCCC1C. The lowest BCUT2D eigenvalue weighted by Gasteiger charge is -2.17. The van der Waals surface area contributed by atoms with Gasteiger partial charge in [0.2, 0.25) is 0 Å². The van der Waals surface area contributed by atoms with Crippen LogP contribution < -0.4 is 0 Å². The lowest BCUT2D eigenvalue weighted by Crippen LogP contribution is -2.27. The second-order valence-electron chi connectivity index (χ2n) is 2.83. The van der Waals surface area contributed by atoms with Crippen molar-refractivity contribution in [3.63, 3.8) is 0 Å². The Kier molecular flexibility index (Phi) is 2.46. The molecule has 0 aliphatic carbocycles. The van der Waals surface area contributed by atoms with Crippen LogP contribution >= 0.6 is 0 Å². The van der Waals surface area contributed by atoms with Crippen molar-refractivity contribution in [3.05, 3.63) is 12.7 Å². The monoisotopic (exact) mass is 142 g/mol. The molecule has 58 valence electrons. The molecule has 10 heavy (non-hydrogen) atoms. The predicted molar refractivity (Wildman–Crippen MR) is 39.7 cm³/mol. The maximum Gasteiger partial charge on any atom is 0.0982 e. The summed E-state index contributed by atoms with van der Waals surface area (Å²) in [5.41, 5.74) is 0. The molecule has 0 radical (unpaired) electrons. The van der Waals surface area contributed by atoms with Crippen molar-refractivity contribution in [1.82, 2.24) is 0 Å². The van der Waals surface area contributed by atoms with E-state index in [9.17, 15) is 5.11 Å². The van der Waals surface area contributed by atoms with Gasteiger partial charge in [0.15, 0.2) is 0 Å². The van der Waals surface area contributed by atoms with Crippen LogP contribution in [0.15, 0.2) is 12.7 Å². The Balaban J connectivity index is 2.46. The molecular formula is C8H14O2. The Morgan fingerprint density at radius 2 is 2.50 bits per heavy atom. The van der Waals surface area contributed by atoms with E-state index in [4.69, 9.17) is 4.74 Å². The van der Waals surface area contributed by atoms with E-state index >= 15 is 0 Å². The minimum absolute atomic E-state index is 0.0162. The highest BCUT2D eigenvalue weighted by Gasteiger charge is 2.28. The van der Waals surface area contributed by atoms with E-state index in [0.29, 0.717) is 5.92 Å². The van der Waals surface area contributed by atoms with Gasteiger partial charge in [-0.25, -0.2) is 0 Å². The van der Waals surface area contributed by atoms with Gasteiger partial charge in [0, 0.05) is 6.61 Å². The number of rotatable bonds is 2. The first-order chi connectivity index (χ1) is 4.75. The van der Waals surface area contributed by atoms with Crippen LogP contribution in [0.2, 0.25) is 0 Å². The van der Waals surface area contributed by atoms with Crippen LogP contribution in [0.5, 0.6) is 0 Å². The highest BCUT2D eigenvalue weighted by atomic mass is 16.5. The average Bonchev–Trinajstić information content (AvgIpc) is 2.34. The number of hydrogen-bond donors (Lipinski definition) is 1. The number of aliphatic hydroxyl groups is 1. The fourth-order valence-electron chi connectivity index (χ4n) is 1.29. The van der Waals surface area contributed by atoms with Crippen molar-refractivity contribution in [2.24, 2.45) is 5.92 Å². The summed E-state index contributed by atoms with van der Waals surface area (Å²) in [7, 11) is 0. The van der Waals surface area contributed by atoms with Crippen LogP contribution in [0.4, 0.5) is 0 Å². The van der Waals surface area contributed by atoms with Crippen molar-refractivity contribution in [2.45, 2.75) is 25.6 Å². The van der Waals surface area contributed by atoms with Gasteiger partial charge in [-0.05, 0) is 12.3 Å². The molecule has 2 heteroatoms. The van der Waals surface area contributed by atoms with Gasteiger partial charge >= 0.3 is 0 Å². The quantitative estimate of drug-likeness (QED) is 0.582. The van der Waals surface area contributed by atoms with Gasteiger partial charge in [0.05, 0.1) is 12.2 Å². The van der Waals surface area contributed by atoms with E-state index < -0.39 is 6.10 Å². The van der Waals surface area contributed by atoms with Gasteiger partial charge < -0.3 is 9.84 Å². The second kappa shape index (κ2) is 3.17. The van der Waals surface area contributed by atoms with E-state index in [2.05, 4.69) is 13.5 Å². The summed E-state index contributed by atoms with van der Waals surface area (Å²) in [5.74, 6) is 0.466. The standard InChI is InChI=1S/C8H14O2/c1-3-7(9)8-6(2)4-5-10-8/h3,6-9H,1,4-5H2,2H3. The molecule has 1 rings (SSSR count). The molecule has 0 aromatic heterocycles. The minimum Gasteiger partial charge on any atom is -0.386 e. The predicted octanol–water partition coefficient (Wildman–Crippen LogP) is 0.958. The van der Waals surface area contributed by atoms with Gasteiger partial charge in [0.25, 0.3) is 0 Å². The number of aliphatic hydroxyl groups excluding tert-OH is 1. The van der Waals surface area contributed by atoms with Crippen molar-refractivity contribution in [1.29, 1.82) is 0 Å². The molecule has 1 N–H and O–H groups in total. The molecule has 1 aliphatic rings. The van der Waals surface area contributed by atoms with E-state index in [1.54, 1.807) is 0 Å². The third-order valence-electron chi connectivity index (χ3n) is 2.02. The molecule has 0 aromatic carbocycles. The van der Waals surface area contributed by atoms with Gasteiger partial charge in [-0.3, -0.25) is 0 Å². The van der Waals surface area contributed by atoms with Crippen LogP contribution in [-0.2, 0) is 4.74 Å². The lowest BCUT2D eigenvalue weighted by molar-refractivity contribution is 0.00727. The molecule has 0 bridgehead atoms. The summed E-state index contributed by atoms with van der Waals surface area (Å²) >= 11 is 0.